The fourth-order valence-corrected chi connectivity index (χ4v) is 4.40. The third-order valence-electron chi connectivity index (χ3n) is 5.92. The fraction of sp³-hybridized carbons (Fsp3) is 0.522. The summed E-state index contributed by atoms with van der Waals surface area (Å²) in [5.41, 5.74) is 1.93. The first-order valence-corrected chi connectivity index (χ1v) is 11.5. The molecular weight excluding hydrogens is 393 g/mol. The zero-order valence-electron chi connectivity index (χ0n) is 18.4. The Bertz CT molecular complexity index is 991. The van der Waals surface area contributed by atoms with Gasteiger partial charge >= 0.3 is 0 Å². The van der Waals surface area contributed by atoms with E-state index in [1.54, 1.807) is 18.3 Å². The average Bonchev–Trinajstić information content (AvgIpc) is 3.44. The van der Waals surface area contributed by atoms with Crippen LogP contribution in [0.2, 0.25) is 0 Å². The Morgan fingerprint density at radius 3 is 2.52 bits per heavy atom. The van der Waals surface area contributed by atoms with E-state index in [0.717, 1.165) is 49.9 Å². The molecule has 1 aliphatic carbocycles. The van der Waals surface area contributed by atoms with E-state index in [1.165, 1.54) is 18.9 Å². The van der Waals surface area contributed by atoms with Crippen LogP contribution in [0.25, 0.3) is 11.2 Å². The van der Waals surface area contributed by atoms with Crippen molar-refractivity contribution in [1.82, 2.24) is 24.8 Å². The Balaban J connectivity index is 0.00000112. The molecule has 0 amide bonds. The van der Waals surface area contributed by atoms with E-state index in [1.807, 2.05) is 19.9 Å². The maximum absolute atomic E-state index is 14.2. The van der Waals surface area contributed by atoms with Crippen LogP contribution in [0.4, 0.5) is 22.0 Å². The number of aromatic nitrogens is 4. The molecule has 3 N–H and O–H groups in total. The second kappa shape index (κ2) is 10.0. The Kier molecular flexibility index (Phi) is 6.96. The van der Waals surface area contributed by atoms with Gasteiger partial charge in [-0.25, -0.2) is 14.4 Å². The molecule has 1 saturated carbocycles. The number of benzene rings is 1. The van der Waals surface area contributed by atoms with Gasteiger partial charge in [0.1, 0.15) is 11.3 Å². The van der Waals surface area contributed by atoms with Crippen LogP contribution in [0.1, 0.15) is 58.4 Å². The maximum atomic E-state index is 14.2. The summed E-state index contributed by atoms with van der Waals surface area (Å²) in [6.45, 7) is 5.89. The highest BCUT2D eigenvalue weighted by Crippen LogP contribution is 2.31. The highest BCUT2D eigenvalue weighted by molar-refractivity contribution is 5.76. The molecule has 0 atom stereocenters. The number of nitrogens with zero attached hydrogens (tertiary/aromatic N) is 4. The summed E-state index contributed by atoms with van der Waals surface area (Å²) < 4.78 is 16.4. The summed E-state index contributed by atoms with van der Waals surface area (Å²) in [6.07, 6.45) is 8.56. The predicted molar refractivity (Wildman–Crippen MR) is 123 cm³/mol. The van der Waals surface area contributed by atoms with E-state index in [0.29, 0.717) is 23.6 Å². The standard InChI is InChI=1S/C21H26FN7.C2H6/c22-16-7-3-4-8-17(16)26-21-27-18-13-24-20(25-14-5-1-2-6-14)28-19(18)29(21)15-9-11-23-12-10-15;1-2/h3-4,7-8,13-15,23H,1-2,5-6,9-12H2,(H,26,27)(H,24,25,28);1-2H3. The summed E-state index contributed by atoms with van der Waals surface area (Å²) in [5.74, 6) is 0.965. The molecule has 1 aromatic carbocycles. The van der Waals surface area contributed by atoms with Gasteiger partial charge in [-0.15, -0.1) is 0 Å². The predicted octanol–water partition coefficient (Wildman–Crippen LogP) is 5.01. The minimum absolute atomic E-state index is 0.254. The second-order valence-corrected chi connectivity index (χ2v) is 7.92. The van der Waals surface area contributed by atoms with Crippen LogP contribution >= 0.6 is 0 Å². The van der Waals surface area contributed by atoms with Gasteiger partial charge in [-0.1, -0.05) is 38.8 Å². The summed E-state index contributed by atoms with van der Waals surface area (Å²) >= 11 is 0. The molecule has 7 nitrogen and oxygen atoms in total. The lowest BCUT2D eigenvalue weighted by Crippen LogP contribution is -2.30. The number of hydrogen-bond donors (Lipinski definition) is 3. The molecule has 3 heterocycles. The smallest absolute Gasteiger partial charge is 0.224 e. The fourth-order valence-electron chi connectivity index (χ4n) is 4.40. The van der Waals surface area contributed by atoms with Gasteiger partial charge in [-0.3, -0.25) is 4.57 Å². The van der Waals surface area contributed by atoms with Crippen molar-refractivity contribution in [3.05, 3.63) is 36.3 Å². The van der Waals surface area contributed by atoms with Crippen LogP contribution in [0.15, 0.2) is 30.5 Å². The van der Waals surface area contributed by atoms with Crippen molar-refractivity contribution in [1.29, 1.82) is 0 Å². The molecule has 3 aromatic rings. The number of para-hydroxylation sites is 1. The molecule has 1 aliphatic heterocycles. The molecule has 2 fully saturated rings. The first kappa shape index (κ1) is 21.5. The van der Waals surface area contributed by atoms with E-state index >= 15 is 0 Å². The molecular formula is C23H32FN7. The molecule has 8 heteroatoms. The van der Waals surface area contributed by atoms with Gasteiger partial charge in [0.2, 0.25) is 11.9 Å². The summed E-state index contributed by atoms with van der Waals surface area (Å²) in [6, 6.07) is 7.36. The van der Waals surface area contributed by atoms with E-state index in [4.69, 9.17) is 9.97 Å². The third kappa shape index (κ3) is 4.79. The highest BCUT2D eigenvalue weighted by Gasteiger charge is 2.24. The van der Waals surface area contributed by atoms with E-state index in [9.17, 15) is 4.39 Å². The molecule has 2 aromatic heterocycles. The summed E-state index contributed by atoms with van der Waals surface area (Å²) in [5, 5.41) is 10.1. The van der Waals surface area contributed by atoms with Crippen LogP contribution in [0, 0.1) is 5.82 Å². The van der Waals surface area contributed by atoms with Gasteiger partial charge in [-0.05, 0) is 50.9 Å². The van der Waals surface area contributed by atoms with Crippen LogP contribution in [-0.2, 0) is 0 Å². The molecule has 0 unspecified atom stereocenters. The monoisotopic (exact) mass is 425 g/mol. The van der Waals surface area contributed by atoms with E-state index in [2.05, 4.69) is 25.5 Å². The average molecular weight is 426 g/mol. The van der Waals surface area contributed by atoms with Gasteiger partial charge in [-0.2, -0.15) is 4.98 Å². The lowest BCUT2D eigenvalue weighted by Gasteiger charge is -2.26. The number of imidazole rings is 1. The largest absolute Gasteiger partial charge is 0.351 e. The number of halogens is 1. The minimum atomic E-state index is -0.300. The topological polar surface area (TPSA) is 79.7 Å². The molecule has 0 spiro atoms. The quantitative estimate of drug-likeness (QED) is 0.533. The molecule has 2 aliphatic rings. The number of anilines is 3. The van der Waals surface area contributed by atoms with Crippen molar-refractivity contribution in [2.45, 2.75) is 64.5 Å². The lowest BCUT2D eigenvalue weighted by atomic mass is 10.1. The van der Waals surface area contributed by atoms with Crippen molar-refractivity contribution in [3.63, 3.8) is 0 Å². The summed E-state index contributed by atoms with van der Waals surface area (Å²) in [7, 11) is 0. The molecule has 0 bridgehead atoms. The first-order valence-electron chi connectivity index (χ1n) is 11.5. The third-order valence-corrected chi connectivity index (χ3v) is 5.92. The Labute approximate surface area is 182 Å². The van der Waals surface area contributed by atoms with Crippen molar-refractivity contribution >= 4 is 28.7 Å². The number of hydrogen-bond acceptors (Lipinski definition) is 6. The lowest BCUT2D eigenvalue weighted by molar-refractivity contribution is 0.376. The number of nitrogens with one attached hydrogen (secondary N) is 3. The van der Waals surface area contributed by atoms with E-state index < -0.39 is 0 Å². The zero-order valence-corrected chi connectivity index (χ0v) is 18.4. The van der Waals surface area contributed by atoms with Crippen LogP contribution in [0.5, 0.6) is 0 Å². The van der Waals surface area contributed by atoms with Gasteiger partial charge < -0.3 is 16.0 Å². The molecule has 1 saturated heterocycles. The minimum Gasteiger partial charge on any atom is -0.351 e. The van der Waals surface area contributed by atoms with E-state index in [-0.39, 0.29) is 11.9 Å². The number of piperidine rings is 1. The van der Waals surface area contributed by atoms with Crippen molar-refractivity contribution in [2.75, 3.05) is 23.7 Å². The molecule has 5 rings (SSSR count). The van der Waals surface area contributed by atoms with Crippen molar-refractivity contribution in [3.8, 4) is 0 Å². The molecule has 31 heavy (non-hydrogen) atoms. The maximum Gasteiger partial charge on any atom is 0.224 e. The second-order valence-electron chi connectivity index (χ2n) is 7.92. The van der Waals surface area contributed by atoms with Crippen molar-refractivity contribution in [2.24, 2.45) is 0 Å². The Hall–Kier alpha value is -2.74. The zero-order chi connectivity index (χ0) is 21.6. The van der Waals surface area contributed by atoms with Crippen LogP contribution in [-0.4, -0.2) is 38.7 Å². The Morgan fingerprint density at radius 2 is 1.77 bits per heavy atom. The highest BCUT2D eigenvalue weighted by atomic mass is 19.1. The molecule has 0 radical (unpaired) electrons. The summed E-state index contributed by atoms with van der Waals surface area (Å²) in [4.78, 5) is 14.0. The Morgan fingerprint density at radius 1 is 1.03 bits per heavy atom. The van der Waals surface area contributed by atoms with Gasteiger partial charge in [0.15, 0.2) is 5.65 Å². The number of fused-ring (bicyclic) bond motifs is 1. The van der Waals surface area contributed by atoms with Crippen LogP contribution < -0.4 is 16.0 Å². The van der Waals surface area contributed by atoms with Crippen molar-refractivity contribution < 1.29 is 4.39 Å². The molecule has 166 valence electrons. The normalized spacial score (nSPS) is 17.4. The SMILES string of the molecule is CC.Fc1ccccc1Nc1nc2cnc(NC3CCCC3)nc2n1C1CCNCC1. The van der Waals surface area contributed by atoms with Gasteiger partial charge in [0.25, 0.3) is 0 Å². The first-order chi connectivity index (χ1) is 15.3. The van der Waals surface area contributed by atoms with Gasteiger partial charge in [0.05, 0.1) is 11.9 Å². The number of rotatable bonds is 5. The van der Waals surface area contributed by atoms with Crippen LogP contribution in [0.3, 0.4) is 0 Å². The van der Waals surface area contributed by atoms with Gasteiger partial charge in [0, 0.05) is 12.1 Å².